The van der Waals surface area contributed by atoms with Gasteiger partial charge in [-0.3, -0.25) is 9.59 Å². The molecule has 0 saturated carbocycles. The van der Waals surface area contributed by atoms with Crippen LogP contribution in [0.25, 0.3) is 10.9 Å². The Morgan fingerprint density at radius 2 is 2.00 bits per heavy atom. The summed E-state index contributed by atoms with van der Waals surface area (Å²) in [5, 5.41) is 3.81. The highest BCUT2D eigenvalue weighted by Gasteiger charge is 2.30. The van der Waals surface area contributed by atoms with Crippen LogP contribution in [0.4, 0.5) is 13.2 Å². The van der Waals surface area contributed by atoms with Crippen molar-refractivity contribution in [1.82, 2.24) is 10.4 Å². The first kappa shape index (κ1) is 18.7. The standard InChI is InChI=1S/C17H18F3N3O2/c1-3-4-5-10(2)22-23-16(25)14-9-15(24)12-8-11(17(18,19)20)6-7-13(12)21-14/h6-9H,3-5H2,1-2H3,(H,21,24)(H,23,25)/b22-10+. The van der Waals surface area contributed by atoms with E-state index in [-0.39, 0.29) is 16.6 Å². The van der Waals surface area contributed by atoms with Crippen molar-refractivity contribution >= 4 is 22.5 Å². The van der Waals surface area contributed by atoms with Crippen molar-refractivity contribution in [3.8, 4) is 0 Å². The van der Waals surface area contributed by atoms with Crippen molar-refractivity contribution in [2.75, 3.05) is 0 Å². The van der Waals surface area contributed by atoms with Gasteiger partial charge in [0.25, 0.3) is 5.91 Å². The Bertz CT molecular complexity index is 870. The van der Waals surface area contributed by atoms with Gasteiger partial charge in [-0.1, -0.05) is 13.3 Å². The number of alkyl halides is 3. The maximum atomic E-state index is 12.7. The average molecular weight is 353 g/mol. The van der Waals surface area contributed by atoms with Crippen LogP contribution in [0.1, 0.15) is 49.2 Å². The van der Waals surface area contributed by atoms with Gasteiger partial charge in [0.1, 0.15) is 5.69 Å². The number of H-pyrrole nitrogens is 1. The Morgan fingerprint density at radius 3 is 2.64 bits per heavy atom. The summed E-state index contributed by atoms with van der Waals surface area (Å²) in [7, 11) is 0. The summed E-state index contributed by atoms with van der Waals surface area (Å²) in [6, 6.07) is 3.72. The Balaban J connectivity index is 2.29. The second-order valence-electron chi connectivity index (χ2n) is 5.70. The number of fused-ring (bicyclic) bond motifs is 1. The minimum absolute atomic E-state index is 0.0655. The number of carbonyl (C=O) groups excluding carboxylic acids is 1. The fraction of sp³-hybridized carbons (Fsp3) is 0.353. The molecule has 0 unspecified atom stereocenters. The minimum atomic E-state index is -4.54. The lowest BCUT2D eigenvalue weighted by atomic mass is 10.1. The molecule has 0 aliphatic heterocycles. The van der Waals surface area contributed by atoms with Crippen LogP contribution in [-0.4, -0.2) is 16.6 Å². The highest BCUT2D eigenvalue weighted by atomic mass is 19.4. The molecule has 2 rings (SSSR count). The van der Waals surface area contributed by atoms with Gasteiger partial charge in [0, 0.05) is 22.7 Å². The molecule has 1 aromatic heterocycles. The van der Waals surface area contributed by atoms with Crippen LogP contribution < -0.4 is 10.9 Å². The van der Waals surface area contributed by atoms with Gasteiger partial charge in [-0.2, -0.15) is 18.3 Å². The molecule has 0 fully saturated rings. The number of nitrogens with zero attached hydrogens (tertiary/aromatic N) is 1. The number of hydrogen-bond acceptors (Lipinski definition) is 3. The molecule has 1 aromatic carbocycles. The van der Waals surface area contributed by atoms with Gasteiger partial charge in [-0.15, -0.1) is 0 Å². The minimum Gasteiger partial charge on any atom is -0.350 e. The molecule has 2 aromatic rings. The van der Waals surface area contributed by atoms with E-state index >= 15 is 0 Å². The molecule has 1 heterocycles. The number of hydrazone groups is 1. The lowest BCUT2D eigenvalue weighted by Gasteiger charge is -2.08. The third-order valence-electron chi connectivity index (χ3n) is 3.64. The van der Waals surface area contributed by atoms with Gasteiger partial charge in [-0.05, 0) is 38.0 Å². The highest BCUT2D eigenvalue weighted by Crippen LogP contribution is 2.30. The number of aromatic amines is 1. The van der Waals surface area contributed by atoms with Gasteiger partial charge in [0.2, 0.25) is 0 Å². The molecular formula is C17H18F3N3O2. The number of unbranched alkanes of at least 4 members (excludes halogenated alkanes) is 1. The Labute approximate surface area is 141 Å². The van der Waals surface area contributed by atoms with Crippen LogP contribution in [0.3, 0.4) is 0 Å². The lowest BCUT2D eigenvalue weighted by molar-refractivity contribution is -0.137. The van der Waals surface area contributed by atoms with Gasteiger partial charge < -0.3 is 4.98 Å². The zero-order valence-electron chi connectivity index (χ0n) is 13.8. The van der Waals surface area contributed by atoms with Crippen molar-refractivity contribution < 1.29 is 18.0 Å². The van der Waals surface area contributed by atoms with E-state index < -0.39 is 23.1 Å². The molecule has 2 N–H and O–H groups in total. The quantitative estimate of drug-likeness (QED) is 0.633. The van der Waals surface area contributed by atoms with Gasteiger partial charge in [0.05, 0.1) is 5.56 Å². The Morgan fingerprint density at radius 1 is 1.28 bits per heavy atom. The molecule has 0 atom stereocenters. The smallest absolute Gasteiger partial charge is 0.350 e. The van der Waals surface area contributed by atoms with Crippen LogP contribution in [0.15, 0.2) is 34.2 Å². The van der Waals surface area contributed by atoms with Crippen molar-refractivity contribution in [1.29, 1.82) is 0 Å². The number of benzene rings is 1. The van der Waals surface area contributed by atoms with Gasteiger partial charge in [-0.25, -0.2) is 5.43 Å². The van der Waals surface area contributed by atoms with E-state index in [1.165, 1.54) is 0 Å². The Kier molecular flexibility index (Phi) is 5.61. The molecule has 0 saturated heterocycles. The lowest BCUT2D eigenvalue weighted by Crippen LogP contribution is -2.22. The summed E-state index contributed by atoms with van der Waals surface area (Å²) in [5.74, 6) is -0.630. The predicted octanol–water partition coefficient (Wildman–Crippen LogP) is 3.84. The van der Waals surface area contributed by atoms with Crippen LogP contribution in [0, 0.1) is 0 Å². The Hall–Kier alpha value is -2.64. The zero-order chi connectivity index (χ0) is 18.6. The van der Waals surface area contributed by atoms with E-state index in [0.29, 0.717) is 0 Å². The topological polar surface area (TPSA) is 74.3 Å². The maximum absolute atomic E-state index is 12.7. The van der Waals surface area contributed by atoms with Crippen LogP contribution in [0.2, 0.25) is 0 Å². The van der Waals surface area contributed by atoms with E-state index in [1.54, 1.807) is 6.92 Å². The maximum Gasteiger partial charge on any atom is 0.416 e. The van der Waals surface area contributed by atoms with Crippen LogP contribution >= 0.6 is 0 Å². The van der Waals surface area contributed by atoms with E-state index in [4.69, 9.17) is 0 Å². The molecule has 25 heavy (non-hydrogen) atoms. The molecule has 1 amide bonds. The largest absolute Gasteiger partial charge is 0.416 e. The number of halogens is 3. The van der Waals surface area contributed by atoms with Crippen molar-refractivity contribution in [2.45, 2.75) is 39.3 Å². The number of nitrogens with one attached hydrogen (secondary N) is 2. The summed E-state index contributed by atoms with van der Waals surface area (Å²) in [6.45, 7) is 3.81. The molecule has 5 nitrogen and oxygen atoms in total. The average Bonchev–Trinajstić information content (AvgIpc) is 2.56. The van der Waals surface area contributed by atoms with Crippen LogP contribution in [-0.2, 0) is 6.18 Å². The molecule has 0 spiro atoms. The van der Waals surface area contributed by atoms with Crippen molar-refractivity contribution in [2.24, 2.45) is 5.10 Å². The zero-order valence-corrected chi connectivity index (χ0v) is 13.8. The molecule has 0 aliphatic rings. The monoisotopic (exact) mass is 353 g/mol. The number of hydrogen-bond donors (Lipinski definition) is 2. The van der Waals surface area contributed by atoms with Crippen molar-refractivity contribution in [3.63, 3.8) is 0 Å². The first-order valence-corrected chi connectivity index (χ1v) is 7.80. The number of rotatable bonds is 5. The number of carbonyl (C=O) groups is 1. The van der Waals surface area contributed by atoms with E-state index in [9.17, 15) is 22.8 Å². The van der Waals surface area contributed by atoms with E-state index in [1.807, 2.05) is 6.92 Å². The SMILES string of the molecule is CCCC/C(C)=N/NC(=O)c1cc(=O)c2cc(C(F)(F)F)ccc2[nH]1. The second kappa shape index (κ2) is 7.50. The summed E-state index contributed by atoms with van der Waals surface area (Å²) in [5.41, 5.74) is 1.58. The van der Waals surface area contributed by atoms with E-state index in [2.05, 4.69) is 15.5 Å². The van der Waals surface area contributed by atoms with E-state index in [0.717, 1.165) is 49.2 Å². The molecule has 0 aliphatic carbocycles. The molecule has 8 heteroatoms. The fourth-order valence-corrected chi connectivity index (χ4v) is 2.24. The highest BCUT2D eigenvalue weighted by molar-refractivity contribution is 5.95. The first-order chi connectivity index (χ1) is 11.7. The number of pyridine rings is 1. The first-order valence-electron chi connectivity index (χ1n) is 7.80. The number of amides is 1. The molecular weight excluding hydrogens is 335 g/mol. The second-order valence-corrected chi connectivity index (χ2v) is 5.70. The number of aromatic nitrogens is 1. The molecule has 0 bridgehead atoms. The third kappa shape index (κ3) is 4.68. The normalized spacial score (nSPS) is 12.4. The summed E-state index contributed by atoms with van der Waals surface area (Å²) in [4.78, 5) is 26.8. The third-order valence-corrected chi connectivity index (χ3v) is 3.64. The summed E-state index contributed by atoms with van der Waals surface area (Å²) < 4.78 is 38.2. The van der Waals surface area contributed by atoms with Crippen molar-refractivity contribution in [3.05, 3.63) is 45.7 Å². The fourth-order valence-electron chi connectivity index (χ4n) is 2.24. The van der Waals surface area contributed by atoms with Gasteiger partial charge in [0.15, 0.2) is 5.43 Å². The predicted molar refractivity (Wildman–Crippen MR) is 89.7 cm³/mol. The summed E-state index contributed by atoms with van der Waals surface area (Å²) in [6.07, 6.45) is -1.86. The van der Waals surface area contributed by atoms with Crippen LogP contribution in [0.5, 0.6) is 0 Å². The van der Waals surface area contributed by atoms with Gasteiger partial charge >= 0.3 is 6.18 Å². The summed E-state index contributed by atoms with van der Waals surface area (Å²) >= 11 is 0. The molecule has 0 radical (unpaired) electrons. The molecule has 134 valence electrons.